The summed E-state index contributed by atoms with van der Waals surface area (Å²) in [5.74, 6) is -0.321. The van der Waals surface area contributed by atoms with Crippen molar-refractivity contribution in [2.24, 2.45) is 5.41 Å². The lowest BCUT2D eigenvalue weighted by Crippen LogP contribution is -2.31. The number of hydrogen-bond donors (Lipinski definition) is 1. The first-order valence-corrected chi connectivity index (χ1v) is 6.98. The molecule has 0 heterocycles. The van der Waals surface area contributed by atoms with E-state index in [0.717, 1.165) is 12.1 Å². The van der Waals surface area contributed by atoms with Crippen LogP contribution in [0, 0.1) is 11.2 Å². The Labute approximate surface area is 115 Å². The molecule has 0 aromatic heterocycles. The van der Waals surface area contributed by atoms with E-state index in [-0.39, 0.29) is 11.2 Å². The van der Waals surface area contributed by atoms with Gasteiger partial charge in [-0.2, -0.15) is 0 Å². The Bertz CT molecular complexity index is 410. The Morgan fingerprint density at radius 2 is 2.18 bits per heavy atom. The molecule has 1 unspecified atom stereocenters. The molecular formula is C13H16BrClFN. The summed E-state index contributed by atoms with van der Waals surface area (Å²) in [6, 6.07) is 3.18. The monoisotopic (exact) mass is 319 g/mol. The Morgan fingerprint density at radius 3 is 2.71 bits per heavy atom. The van der Waals surface area contributed by atoms with Crippen molar-refractivity contribution in [2.75, 3.05) is 5.32 Å². The van der Waals surface area contributed by atoms with Crippen LogP contribution in [0.3, 0.4) is 0 Å². The zero-order valence-corrected chi connectivity index (χ0v) is 12.3. The number of anilines is 1. The van der Waals surface area contributed by atoms with Crippen molar-refractivity contribution in [1.82, 2.24) is 0 Å². The zero-order chi connectivity index (χ0) is 12.6. The first-order chi connectivity index (χ1) is 7.90. The van der Waals surface area contributed by atoms with Gasteiger partial charge < -0.3 is 5.32 Å². The average molecular weight is 321 g/mol. The summed E-state index contributed by atoms with van der Waals surface area (Å²) in [5, 5.41) is 3.88. The van der Waals surface area contributed by atoms with Crippen LogP contribution in [0.25, 0.3) is 0 Å². The summed E-state index contributed by atoms with van der Waals surface area (Å²) in [6.07, 6.45) is 3.56. The molecule has 1 aliphatic carbocycles. The van der Waals surface area contributed by atoms with E-state index in [1.807, 2.05) is 0 Å². The fourth-order valence-corrected chi connectivity index (χ4v) is 3.37. The smallest absolute Gasteiger partial charge is 0.125 e. The molecule has 4 heteroatoms. The molecule has 1 fully saturated rings. The Balaban J connectivity index is 2.25. The molecule has 1 aliphatic rings. The molecule has 1 saturated carbocycles. The maximum absolute atomic E-state index is 13.1. The van der Waals surface area contributed by atoms with Gasteiger partial charge in [0.2, 0.25) is 0 Å². The highest BCUT2D eigenvalue weighted by molar-refractivity contribution is 9.10. The Hall–Kier alpha value is -0.280. The predicted octanol–water partition coefficient (Wildman–Crippen LogP) is 5.23. The Kier molecular flexibility index (Phi) is 3.69. The largest absolute Gasteiger partial charge is 0.380 e. The number of benzene rings is 1. The van der Waals surface area contributed by atoms with Gasteiger partial charge in [-0.15, -0.1) is 0 Å². The van der Waals surface area contributed by atoms with Crippen molar-refractivity contribution < 1.29 is 4.39 Å². The van der Waals surface area contributed by atoms with Gasteiger partial charge in [0, 0.05) is 10.5 Å². The van der Waals surface area contributed by atoms with E-state index in [4.69, 9.17) is 11.6 Å². The van der Waals surface area contributed by atoms with Crippen molar-refractivity contribution in [1.29, 1.82) is 0 Å². The Morgan fingerprint density at radius 1 is 1.47 bits per heavy atom. The lowest BCUT2D eigenvalue weighted by Gasteiger charge is -2.29. The molecule has 0 bridgehead atoms. The highest BCUT2D eigenvalue weighted by Crippen LogP contribution is 2.41. The van der Waals surface area contributed by atoms with E-state index in [2.05, 4.69) is 35.1 Å². The quantitative estimate of drug-likeness (QED) is 0.786. The third-order valence-corrected chi connectivity index (χ3v) is 4.51. The fraction of sp³-hybridized carbons (Fsp3) is 0.538. The van der Waals surface area contributed by atoms with Crippen LogP contribution in [0.5, 0.6) is 0 Å². The second kappa shape index (κ2) is 4.77. The van der Waals surface area contributed by atoms with Crippen LogP contribution in [0.4, 0.5) is 10.1 Å². The minimum absolute atomic E-state index is 0.261. The van der Waals surface area contributed by atoms with Crippen LogP contribution in [0.2, 0.25) is 5.02 Å². The van der Waals surface area contributed by atoms with Gasteiger partial charge in [0.15, 0.2) is 0 Å². The van der Waals surface area contributed by atoms with Crippen molar-refractivity contribution in [3.8, 4) is 0 Å². The zero-order valence-electron chi connectivity index (χ0n) is 9.99. The van der Waals surface area contributed by atoms with Crippen molar-refractivity contribution in [2.45, 2.75) is 39.2 Å². The van der Waals surface area contributed by atoms with Crippen LogP contribution in [-0.4, -0.2) is 6.04 Å². The van der Waals surface area contributed by atoms with Gasteiger partial charge in [-0.1, -0.05) is 31.9 Å². The molecule has 0 saturated heterocycles. The van der Waals surface area contributed by atoms with Gasteiger partial charge in [0.25, 0.3) is 0 Å². The lowest BCUT2D eigenvalue weighted by molar-refractivity contribution is 0.350. The maximum Gasteiger partial charge on any atom is 0.125 e. The summed E-state index contributed by atoms with van der Waals surface area (Å²) in [6.45, 7) is 4.51. The van der Waals surface area contributed by atoms with Crippen LogP contribution in [-0.2, 0) is 0 Å². The third kappa shape index (κ3) is 2.76. The minimum Gasteiger partial charge on any atom is -0.380 e. The number of halogens is 3. The standard InChI is InChI=1S/C13H16BrClFN/c1-13(2)5-3-4-11(13)17-12-9(14)6-8(16)7-10(12)15/h6-7,11,17H,3-5H2,1-2H3. The van der Waals surface area contributed by atoms with Gasteiger partial charge in [-0.3, -0.25) is 0 Å². The number of rotatable bonds is 2. The summed E-state index contributed by atoms with van der Waals surface area (Å²) < 4.78 is 13.8. The summed E-state index contributed by atoms with van der Waals surface area (Å²) in [7, 11) is 0. The van der Waals surface area contributed by atoms with Crippen LogP contribution < -0.4 is 5.32 Å². The van der Waals surface area contributed by atoms with Crippen LogP contribution in [0.1, 0.15) is 33.1 Å². The topological polar surface area (TPSA) is 12.0 Å². The molecule has 1 aromatic carbocycles. The van der Waals surface area contributed by atoms with Crippen molar-refractivity contribution >= 4 is 33.2 Å². The summed E-state index contributed by atoms with van der Waals surface area (Å²) in [4.78, 5) is 0. The third-order valence-electron chi connectivity index (χ3n) is 3.58. The normalized spacial score (nSPS) is 22.8. The first kappa shape index (κ1) is 13.2. The molecule has 0 spiro atoms. The summed E-state index contributed by atoms with van der Waals surface area (Å²) in [5.41, 5.74) is 1.06. The van der Waals surface area contributed by atoms with E-state index in [1.54, 1.807) is 0 Å². The lowest BCUT2D eigenvalue weighted by atomic mass is 9.87. The van der Waals surface area contributed by atoms with E-state index >= 15 is 0 Å². The molecule has 1 nitrogen and oxygen atoms in total. The van der Waals surface area contributed by atoms with Gasteiger partial charge in [0.05, 0.1) is 10.7 Å². The molecule has 1 aromatic rings. The molecule has 2 rings (SSSR count). The molecule has 0 aliphatic heterocycles. The molecule has 94 valence electrons. The highest BCUT2D eigenvalue weighted by atomic mass is 79.9. The predicted molar refractivity (Wildman–Crippen MR) is 74.2 cm³/mol. The second-order valence-electron chi connectivity index (χ2n) is 5.32. The van der Waals surface area contributed by atoms with E-state index in [9.17, 15) is 4.39 Å². The molecule has 0 radical (unpaired) electrons. The van der Waals surface area contributed by atoms with Crippen LogP contribution in [0.15, 0.2) is 16.6 Å². The fourth-order valence-electron chi connectivity index (χ4n) is 2.45. The molecule has 0 amide bonds. The average Bonchev–Trinajstić information content (AvgIpc) is 2.51. The molecule has 1 N–H and O–H groups in total. The maximum atomic E-state index is 13.1. The van der Waals surface area contributed by atoms with Crippen molar-refractivity contribution in [3.63, 3.8) is 0 Å². The molecule has 1 atom stereocenters. The molecule has 17 heavy (non-hydrogen) atoms. The van der Waals surface area contributed by atoms with Gasteiger partial charge in [0.1, 0.15) is 5.82 Å². The molecular weight excluding hydrogens is 305 g/mol. The number of nitrogens with one attached hydrogen (secondary N) is 1. The number of hydrogen-bond acceptors (Lipinski definition) is 1. The second-order valence-corrected chi connectivity index (χ2v) is 6.58. The highest BCUT2D eigenvalue weighted by Gasteiger charge is 2.34. The van der Waals surface area contributed by atoms with E-state index in [1.165, 1.54) is 25.0 Å². The van der Waals surface area contributed by atoms with Crippen LogP contribution >= 0.6 is 27.5 Å². The van der Waals surface area contributed by atoms with Crippen molar-refractivity contribution in [3.05, 3.63) is 27.4 Å². The van der Waals surface area contributed by atoms with Gasteiger partial charge in [-0.25, -0.2) is 4.39 Å². The first-order valence-electron chi connectivity index (χ1n) is 5.81. The van der Waals surface area contributed by atoms with Gasteiger partial charge >= 0.3 is 0 Å². The minimum atomic E-state index is -0.321. The van der Waals surface area contributed by atoms with E-state index in [0.29, 0.717) is 15.5 Å². The SMILES string of the molecule is CC1(C)CCCC1Nc1c(Cl)cc(F)cc1Br. The van der Waals surface area contributed by atoms with E-state index < -0.39 is 0 Å². The van der Waals surface area contributed by atoms with Gasteiger partial charge in [-0.05, 0) is 46.3 Å². The summed E-state index contributed by atoms with van der Waals surface area (Å²) >= 11 is 9.43.